The van der Waals surface area contributed by atoms with Gasteiger partial charge >= 0.3 is 0 Å². The molecule has 1 aromatic rings. The average molecular weight is 203 g/mol. The Morgan fingerprint density at radius 2 is 2.13 bits per heavy atom. The predicted molar refractivity (Wildman–Crippen MR) is 56.8 cm³/mol. The molecule has 0 aliphatic heterocycles. The third-order valence-corrected chi connectivity index (χ3v) is 2.07. The number of likely N-dealkylation sites (N-methyl/N-ethyl adjacent to an activating group) is 1. The Labute approximate surface area is 88.7 Å². The topological polar surface area (TPSA) is 78.9 Å². The summed E-state index contributed by atoms with van der Waals surface area (Å²) in [4.78, 5) is 11.1. The van der Waals surface area contributed by atoms with Gasteiger partial charge in [0.1, 0.15) is 6.04 Å². The van der Waals surface area contributed by atoms with Crippen molar-refractivity contribution in [2.45, 2.75) is 13.0 Å². The minimum atomic E-state index is -0.484. The molecule has 0 fully saturated rings. The second kappa shape index (κ2) is 5.13. The van der Waals surface area contributed by atoms with Gasteiger partial charge in [0, 0.05) is 0 Å². The number of nitrogens with two attached hydrogens (primary N) is 1. The number of hydrogen-bond acceptors (Lipinski definition) is 3. The van der Waals surface area contributed by atoms with E-state index in [0.29, 0.717) is 12.1 Å². The molecule has 4 nitrogen and oxygen atoms in total. The summed E-state index contributed by atoms with van der Waals surface area (Å²) in [6.07, 6.45) is 0. The number of nitriles is 1. The molecule has 1 aromatic carbocycles. The summed E-state index contributed by atoms with van der Waals surface area (Å²) >= 11 is 0. The van der Waals surface area contributed by atoms with E-state index in [9.17, 15) is 4.79 Å². The molecule has 0 aliphatic rings. The van der Waals surface area contributed by atoms with Gasteiger partial charge in [-0.15, -0.1) is 0 Å². The Hall–Kier alpha value is -1.86. The van der Waals surface area contributed by atoms with Crippen LogP contribution in [0.1, 0.15) is 24.1 Å². The van der Waals surface area contributed by atoms with Crippen molar-refractivity contribution in [3.8, 4) is 6.07 Å². The number of rotatable bonds is 4. The van der Waals surface area contributed by atoms with Gasteiger partial charge < -0.3 is 11.1 Å². The quantitative estimate of drug-likeness (QED) is 0.755. The number of hydrogen-bond donors (Lipinski definition) is 2. The SMILES string of the molecule is CCNC(C(N)=O)c1ccc(C#N)cc1. The molecule has 15 heavy (non-hydrogen) atoms. The van der Waals surface area contributed by atoms with Crippen LogP contribution in [0.4, 0.5) is 0 Å². The van der Waals surface area contributed by atoms with E-state index in [1.165, 1.54) is 0 Å². The van der Waals surface area contributed by atoms with Crippen LogP contribution in [-0.2, 0) is 4.79 Å². The minimum Gasteiger partial charge on any atom is -0.368 e. The molecule has 4 heteroatoms. The van der Waals surface area contributed by atoms with E-state index in [1.54, 1.807) is 24.3 Å². The van der Waals surface area contributed by atoms with Gasteiger partial charge in [-0.3, -0.25) is 4.79 Å². The smallest absolute Gasteiger partial charge is 0.239 e. The Morgan fingerprint density at radius 1 is 1.53 bits per heavy atom. The lowest BCUT2D eigenvalue weighted by molar-refractivity contribution is -0.120. The van der Waals surface area contributed by atoms with Crippen LogP contribution in [0.2, 0.25) is 0 Å². The summed E-state index contributed by atoms with van der Waals surface area (Å²) < 4.78 is 0. The zero-order valence-corrected chi connectivity index (χ0v) is 8.53. The predicted octanol–water partition coefficient (Wildman–Crippen LogP) is 0.694. The molecule has 78 valence electrons. The number of amides is 1. The van der Waals surface area contributed by atoms with Crippen LogP contribution in [-0.4, -0.2) is 12.5 Å². The highest BCUT2D eigenvalue weighted by molar-refractivity contribution is 5.81. The summed E-state index contributed by atoms with van der Waals surface area (Å²) in [6.45, 7) is 2.56. The van der Waals surface area contributed by atoms with Crippen molar-refractivity contribution in [1.82, 2.24) is 5.32 Å². The van der Waals surface area contributed by atoms with Crippen molar-refractivity contribution < 1.29 is 4.79 Å². The van der Waals surface area contributed by atoms with Crippen LogP contribution in [0.3, 0.4) is 0 Å². The van der Waals surface area contributed by atoms with Gasteiger partial charge in [-0.2, -0.15) is 5.26 Å². The Morgan fingerprint density at radius 3 is 2.53 bits per heavy atom. The van der Waals surface area contributed by atoms with Crippen molar-refractivity contribution >= 4 is 5.91 Å². The molecule has 0 aromatic heterocycles. The van der Waals surface area contributed by atoms with Crippen LogP contribution >= 0.6 is 0 Å². The first kappa shape index (κ1) is 11.2. The number of primary amides is 1. The third kappa shape index (κ3) is 2.79. The molecular weight excluding hydrogens is 190 g/mol. The third-order valence-electron chi connectivity index (χ3n) is 2.07. The fraction of sp³-hybridized carbons (Fsp3) is 0.273. The van der Waals surface area contributed by atoms with Gasteiger partial charge in [0.05, 0.1) is 11.6 Å². The molecule has 0 heterocycles. The van der Waals surface area contributed by atoms with Gasteiger partial charge in [-0.25, -0.2) is 0 Å². The Balaban J connectivity index is 2.92. The monoisotopic (exact) mass is 203 g/mol. The first-order chi connectivity index (χ1) is 7.19. The van der Waals surface area contributed by atoms with Crippen molar-refractivity contribution in [2.75, 3.05) is 6.54 Å². The van der Waals surface area contributed by atoms with E-state index >= 15 is 0 Å². The Kier molecular flexibility index (Phi) is 3.83. The summed E-state index contributed by atoms with van der Waals surface area (Å²) in [5.74, 6) is -0.415. The second-order valence-electron chi connectivity index (χ2n) is 3.13. The van der Waals surface area contributed by atoms with Gasteiger partial charge in [0.15, 0.2) is 0 Å². The lowest BCUT2D eigenvalue weighted by Gasteiger charge is -2.14. The lowest BCUT2D eigenvalue weighted by atomic mass is 10.0. The number of carbonyl (C=O) groups is 1. The average Bonchev–Trinajstić information content (AvgIpc) is 2.26. The molecular formula is C11H13N3O. The van der Waals surface area contributed by atoms with Crippen molar-refractivity contribution in [1.29, 1.82) is 5.26 Å². The molecule has 0 aliphatic carbocycles. The fourth-order valence-electron chi connectivity index (χ4n) is 1.34. The van der Waals surface area contributed by atoms with Gasteiger partial charge in [0.2, 0.25) is 5.91 Å². The maximum absolute atomic E-state index is 11.1. The minimum absolute atomic E-state index is 0.415. The first-order valence-corrected chi connectivity index (χ1v) is 4.71. The summed E-state index contributed by atoms with van der Waals surface area (Å²) in [7, 11) is 0. The molecule has 0 bridgehead atoms. The van der Waals surface area contributed by atoms with Crippen LogP contribution in [0.15, 0.2) is 24.3 Å². The van der Waals surface area contributed by atoms with Gasteiger partial charge in [-0.1, -0.05) is 19.1 Å². The van der Waals surface area contributed by atoms with E-state index in [0.717, 1.165) is 5.56 Å². The molecule has 1 rings (SSSR count). The summed E-state index contributed by atoms with van der Waals surface area (Å²) in [5.41, 5.74) is 6.61. The number of benzene rings is 1. The van der Waals surface area contributed by atoms with Crippen molar-refractivity contribution in [3.63, 3.8) is 0 Å². The fourth-order valence-corrected chi connectivity index (χ4v) is 1.34. The molecule has 1 atom stereocenters. The summed E-state index contributed by atoms with van der Waals surface area (Å²) in [5, 5.41) is 11.6. The second-order valence-corrected chi connectivity index (χ2v) is 3.13. The first-order valence-electron chi connectivity index (χ1n) is 4.71. The number of carbonyl (C=O) groups excluding carboxylic acids is 1. The number of nitrogens with zero attached hydrogens (tertiary/aromatic N) is 1. The van der Waals surface area contributed by atoms with Crippen molar-refractivity contribution in [2.24, 2.45) is 5.73 Å². The maximum atomic E-state index is 11.1. The van der Waals surface area contributed by atoms with Gasteiger partial charge in [0.25, 0.3) is 0 Å². The van der Waals surface area contributed by atoms with Crippen LogP contribution in [0.5, 0.6) is 0 Å². The normalized spacial score (nSPS) is 11.7. The highest BCUT2D eigenvalue weighted by Crippen LogP contribution is 2.13. The van der Waals surface area contributed by atoms with Crippen LogP contribution in [0, 0.1) is 11.3 Å². The molecule has 0 saturated heterocycles. The molecule has 3 N–H and O–H groups in total. The van der Waals surface area contributed by atoms with Crippen LogP contribution < -0.4 is 11.1 Å². The molecule has 0 spiro atoms. The van der Waals surface area contributed by atoms with E-state index in [2.05, 4.69) is 5.32 Å². The van der Waals surface area contributed by atoms with Crippen molar-refractivity contribution in [3.05, 3.63) is 35.4 Å². The van der Waals surface area contributed by atoms with E-state index in [-0.39, 0.29) is 0 Å². The van der Waals surface area contributed by atoms with E-state index < -0.39 is 11.9 Å². The standard InChI is InChI=1S/C11H13N3O/c1-2-14-10(11(13)15)9-5-3-8(7-12)4-6-9/h3-6,10,14H,2H2,1H3,(H2,13,15). The number of nitrogens with one attached hydrogen (secondary N) is 1. The summed E-state index contributed by atoms with van der Waals surface area (Å²) in [6, 6.07) is 8.34. The molecule has 0 radical (unpaired) electrons. The highest BCUT2D eigenvalue weighted by Gasteiger charge is 2.15. The molecule has 1 unspecified atom stereocenters. The maximum Gasteiger partial charge on any atom is 0.239 e. The Bertz CT molecular complexity index is 378. The van der Waals surface area contributed by atoms with E-state index in [1.807, 2.05) is 13.0 Å². The highest BCUT2D eigenvalue weighted by atomic mass is 16.1. The molecule has 0 saturated carbocycles. The lowest BCUT2D eigenvalue weighted by Crippen LogP contribution is -2.33. The van der Waals surface area contributed by atoms with Crippen LogP contribution in [0.25, 0.3) is 0 Å². The van der Waals surface area contributed by atoms with E-state index in [4.69, 9.17) is 11.0 Å². The largest absolute Gasteiger partial charge is 0.368 e. The zero-order chi connectivity index (χ0) is 11.3. The zero-order valence-electron chi connectivity index (χ0n) is 8.53. The molecule has 1 amide bonds. The van der Waals surface area contributed by atoms with Gasteiger partial charge in [-0.05, 0) is 24.2 Å².